The summed E-state index contributed by atoms with van der Waals surface area (Å²) in [6.07, 6.45) is 1.67. The molecule has 1 atom stereocenters. The SMILES string of the molecule is COc1ccc(CNC(=O)[C@H](C)Sc2nncn2-c2ccccc2C)cc1. The van der Waals surface area contributed by atoms with Crippen LogP contribution < -0.4 is 10.1 Å². The molecule has 0 unspecified atom stereocenters. The Morgan fingerprint density at radius 3 is 2.67 bits per heavy atom. The number of thioether (sulfide) groups is 1. The number of hydrogen-bond acceptors (Lipinski definition) is 5. The van der Waals surface area contributed by atoms with Gasteiger partial charge >= 0.3 is 0 Å². The number of nitrogens with one attached hydrogen (secondary N) is 1. The molecule has 0 aliphatic heterocycles. The quantitative estimate of drug-likeness (QED) is 0.635. The first-order valence-corrected chi connectivity index (χ1v) is 9.50. The Morgan fingerprint density at radius 1 is 1.22 bits per heavy atom. The van der Waals surface area contributed by atoms with Crippen molar-refractivity contribution in [1.82, 2.24) is 20.1 Å². The van der Waals surface area contributed by atoms with Crippen LogP contribution in [0, 0.1) is 6.92 Å². The van der Waals surface area contributed by atoms with Gasteiger partial charge in [0.1, 0.15) is 12.1 Å². The summed E-state index contributed by atoms with van der Waals surface area (Å²) in [5.41, 5.74) is 3.15. The van der Waals surface area contributed by atoms with Gasteiger partial charge in [0.25, 0.3) is 0 Å². The van der Waals surface area contributed by atoms with Gasteiger partial charge in [-0.25, -0.2) is 0 Å². The molecule has 1 heterocycles. The van der Waals surface area contributed by atoms with Crippen LogP contribution in [-0.2, 0) is 11.3 Å². The monoisotopic (exact) mass is 382 g/mol. The first-order valence-electron chi connectivity index (χ1n) is 8.62. The summed E-state index contributed by atoms with van der Waals surface area (Å²) in [6, 6.07) is 15.6. The maximum atomic E-state index is 12.5. The molecule has 0 aliphatic rings. The molecule has 0 aliphatic carbocycles. The van der Waals surface area contributed by atoms with Gasteiger partial charge in [0.15, 0.2) is 5.16 Å². The summed E-state index contributed by atoms with van der Waals surface area (Å²) in [6.45, 7) is 4.37. The molecular formula is C20H22N4O2S. The van der Waals surface area contributed by atoms with Crippen molar-refractivity contribution < 1.29 is 9.53 Å². The molecule has 1 aromatic heterocycles. The number of carbonyl (C=O) groups is 1. The minimum absolute atomic E-state index is 0.0462. The van der Waals surface area contributed by atoms with Crippen LogP contribution in [-0.4, -0.2) is 33.0 Å². The van der Waals surface area contributed by atoms with Gasteiger partial charge in [-0.2, -0.15) is 0 Å². The van der Waals surface area contributed by atoms with Crippen molar-refractivity contribution in [3.05, 3.63) is 66.0 Å². The predicted molar refractivity (Wildman–Crippen MR) is 106 cm³/mol. The third-order valence-corrected chi connectivity index (χ3v) is 5.23. The lowest BCUT2D eigenvalue weighted by atomic mass is 10.2. The topological polar surface area (TPSA) is 69.0 Å². The molecule has 3 aromatic rings. The van der Waals surface area contributed by atoms with Gasteiger partial charge in [-0.1, -0.05) is 42.1 Å². The van der Waals surface area contributed by atoms with E-state index in [4.69, 9.17) is 4.74 Å². The molecule has 0 spiro atoms. The van der Waals surface area contributed by atoms with E-state index in [2.05, 4.69) is 15.5 Å². The second-order valence-electron chi connectivity index (χ2n) is 6.10. The highest BCUT2D eigenvalue weighted by Gasteiger charge is 2.18. The highest BCUT2D eigenvalue weighted by Crippen LogP contribution is 2.25. The third kappa shape index (κ3) is 4.68. The first kappa shape index (κ1) is 19.0. The summed E-state index contributed by atoms with van der Waals surface area (Å²) in [5.74, 6) is 0.750. The van der Waals surface area contributed by atoms with Crippen molar-refractivity contribution in [2.24, 2.45) is 0 Å². The average Bonchev–Trinajstić information content (AvgIpc) is 3.14. The Morgan fingerprint density at radius 2 is 1.96 bits per heavy atom. The normalized spacial score (nSPS) is 11.8. The molecule has 6 nitrogen and oxygen atoms in total. The van der Waals surface area contributed by atoms with E-state index in [9.17, 15) is 4.79 Å². The molecule has 7 heteroatoms. The maximum absolute atomic E-state index is 12.5. The predicted octanol–water partition coefficient (Wildman–Crippen LogP) is 3.38. The van der Waals surface area contributed by atoms with Gasteiger partial charge in [0.05, 0.1) is 18.0 Å². The fourth-order valence-corrected chi connectivity index (χ4v) is 3.45. The zero-order chi connectivity index (χ0) is 19.2. The number of rotatable bonds is 7. The number of hydrogen-bond donors (Lipinski definition) is 1. The molecule has 0 fully saturated rings. The molecule has 27 heavy (non-hydrogen) atoms. The van der Waals surface area contributed by atoms with Crippen LogP contribution in [0.4, 0.5) is 0 Å². The lowest BCUT2D eigenvalue weighted by Gasteiger charge is -2.13. The zero-order valence-corrected chi connectivity index (χ0v) is 16.4. The Bertz CT molecular complexity index is 908. The van der Waals surface area contributed by atoms with E-state index in [0.717, 1.165) is 22.6 Å². The summed E-state index contributed by atoms with van der Waals surface area (Å²) in [7, 11) is 1.63. The lowest BCUT2D eigenvalue weighted by molar-refractivity contribution is -0.120. The fourth-order valence-electron chi connectivity index (χ4n) is 2.59. The highest BCUT2D eigenvalue weighted by atomic mass is 32.2. The Balaban J connectivity index is 1.62. The van der Waals surface area contributed by atoms with Gasteiger partial charge in [-0.05, 0) is 43.2 Å². The Hall–Kier alpha value is -2.80. The van der Waals surface area contributed by atoms with E-state index < -0.39 is 0 Å². The number of amides is 1. The standard InChI is InChI=1S/C20H22N4O2S/c1-14-6-4-5-7-18(14)24-13-22-23-20(24)27-15(2)19(25)21-12-16-8-10-17(26-3)11-9-16/h4-11,13,15H,12H2,1-3H3,(H,21,25)/t15-/m0/s1. The fraction of sp³-hybridized carbons (Fsp3) is 0.250. The molecule has 0 radical (unpaired) electrons. The number of para-hydroxylation sites is 1. The van der Waals surface area contributed by atoms with Crippen LogP contribution in [0.2, 0.25) is 0 Å². The van der Waals surface area contributed by atoms with E-state index in [-0.39, 0.29) is 11.2 Å². The number of benzene rings is 2. The Kier molecular flexibility index (Phi) is 6.13. The van der Waals surface area contributed by atoms with Gasteiger partial charge in [-0.3, -0.25) is 9.36 Å². The first-order chi connectivity index (χ1) is 13.1. The van der Waals surface area contributed by atoms with Crippen molar-refractivity contribution in [3.63, 3.8) is 0 Å². The van der Waals surface area contributed by atoms with Crippen molar-refractivity contribution in [1.29, 1.82) is 0 Å². The minimum atomic E-state index is -0.296. The van der Waals surface area contributed by atoms with Crippen LogP contribution in [0.1, 0.15) is 18.1 Å². The second kappa shape index (κ2) is 8.73. The third-order valence-electron chi connectivity index (χ3n) is 4.17. The Labute approximate surface area is 163 Å². The molecule has 0 saturated heterocycles. The molecule has 140 valence electrons. The summed E-state index contributed by atoms with van der Waals surface area (Å²) in [4.78, 5) is 12.5. The van der Waals surface area contributed by atoms with E-state index in [0.29, 0.717) is 11.7 Å². The number of carbonyl (C=O) groups excluding carboxylic acids is 1. The minimum Gasteiger partial charge on any atom is -0.497 e. The zero-order valence-electron chi connectivity index (χ0n) is 15.5. The van der Waals surface area contributed by atoms with Gasteiger partial charge in [-0.15, -0.1) is 10.2 Å². The molecule has 1 N–H and O–H groups in total. The molecule has 3 rings (SSSR count). The summed E-state index contributed by atoms with van der Waals surface area (Å²) in [5, 5.41) is 11.5. The molecular weight excluding hydrogens is 360 g/mol. The largest absolute Gasteiger partial charge is 0.497 e. The average molecular weight is 382 g/mol. The van der Waals surface area contributed by atoms with E-state index in [1.165, 1.54) is 11.8 Å². The lowest BCUT2D eigenvalue weighted by Crippen LogP contribution is -2.30. The molecule has 2 aromatic carbocycles. The van der Waals surface area contributed by atoms with Crippen molar-refractivity contribution in [2.45, 2.75) is 30.8 Å². The number of methoxy groups -OCH3 is 1. The number of aryl methyl sites for hydroxylation is 1. The van der Waals surface area contributed by atoms with Crippen molar-refractivity contribution in [2.75, 3.05) is 7.11 Å². The van der Waals surface area contributed by atoms with Crippen LogP contribution in [0.15, 0.2) is 60.0 Å². The van der Waals surface area contributed by atoms with Crippen LogP contribution >= 0.6 is 11.8 Å². The molecule has 0 saturated carbocycles. The number of ether oxygens (including phenoxy) is 1. The second-order valence-corrected chi connectivity index (χ2v) is 7.40. The van der Waals surface area contributed by atoms with Gasteiger partial charge < -0.3 is 10.1 Å². The van der Waals surface area contributed by atoms with Gasteiger partial charge in [0.2, 0.25) is 5.91 Å². The summed E-state index contributed by atoms with van der Waals surface area (Å²) < 4.78 is 7.05. The van der Waals surface area contributed by atoms with Crippen LogP contribution in [0.3, 0.4) is 0 Å². The maximum Gasteiger partial charge on any atom is 0.233 e. The number of nitrogens with zero attached hydrogens (tertiary/aromatic N) is 3. The van der Waals surface area contributed by atoms with Gasteiger partial charge in [0, 0.05) is 6.54 Å². The van der Waals surface area contributed by atoms with E-state index in [1.54, 1.807) is 13.4 Å². The van der Waals surface area contributed by atoms with Crippen LogP contribution in [0.25, 0.3) is 5.69 Å². The van der Waals surface area contributed by atoms with Crippen molar-refractivity contribution in [3.8, 4) is 11.4 Å². The summed E-state index contributed by atoms with van der Waals surface area (Å²) >= 11 is 1.39. The smallest absolute Gasteiger partial charge is 0.233 e. The van der Waals surface area contributed by atoms with E-state index >= 15 is 0 Å². The van der Waals surface area contributed by atoms with Crippen LogP contribution in [0.5, 0.6) is 5.75 Å². The number of aromatic nitrogens is 3. The molecule has 0 bridgehead atoms. The highest BCUT2D eigenvalue weighted by molar-refractivity contribution is 8.00. The van der Waals surface area contributed by atoms with E-state index in [1.807, 2.05) is 66.9 Å². The van der Waals surface area contributed by atoms with Crippen molar-refractivity contribution >= 4 is 17.7 Å². The molecule has 1 amide bonds.